The predicted molar refractivity (Wildman–Crippen MR) is 140 cm³/mol. The fourth-order valence-corrected chi connectivity index (χ4v) is 5.08. The van der Waals surface area contributed by atoms with Crippen LogP contribution in [0, 0.1) is 0 Å². The van der Waals surface area contributed by atoms with Gasteiger partial charge in [-0.05, 0) is 61.7 Å². The van der Waals surface area contributed by atoms with Crippen LogP contribution in [-0.4, -0.2) is 66.7 Å². The zero-order valence-corrected chi connectivity index (χ0v) is 20.8. The summed E-state index contributed by atoms with van der Waals surface area (Å²) in [5, 5.41) is 7.66. The standard InChI is InChI=1S/C27H34N6O2/c1-18(2)24-23(35-3)11-6-19-17-29-27(31-25(19)24)30-20-7-9-21(10-8-20)32-13-15-33(16-14-32)26(34)22-5-4-12-28-22/h6-11,17-18,22,28H,4-5,12-16H2,1-3H3,(H,29,30,31). The summed E-state index contributed by atoms with van der Waals surface area (Å²) in [6.45, 7) is 8.47. The Labute approximate surface area is 206 Å². The van der Waals surface area contributed by atoms with Gasteiger partial charge in [-0.25, -0.2) is 9.97 Å². The first kappa shape index (κ1) is 23.4. The van der Waals surface area contributed by atoms with E-state index >= 15 is 0 Å². The number of benzene rings is 2. The van der Waals surface area contributed by atoms with Gasteiger partial charge in [0.25, 0.3) is 0 Å². The van der Waals surface area contributed by atoms with Gasteiger partial charge >= 0.3 is 0 Å². The molecule has 1 aromatic heterocycles. The number of nitrogens with one attached hydrogen (secondary N) is 2. The van der Waals surface area contributed by atoms with Crippen molar-refractivity contribution in [1.29, 1.82) is 0 Å². The molecule has 2 N–H and O–H groups in total. The summed E-state index contributed by atoms with van der Waals surface area (Å²) in [6, 6.07) is 12.3. The maximum atomic E-state index is 12.7. The third-order valence-electron chi connectivity index (χ3n) is 6.99. The van der Waals surface area contributed by atoms with Gasteiger partial charge in [0.2, 0.25) is 11.9 Å². The molecule has 8 heteroatoms. The molecule has 3 heterocycles. The summed E-state index contributed by atoms with van der Waals surface area (Å²) in [5.74, 6) is 1.95. The van der Waals surface area contributed by atoms with Gasteiger partial charge in [0.15, 0.2) is 0 Å². The topological polar surface area (TPSA) is 82.6 Å². The van der Waals surface area contributed by atoms with Crippen molar-refractivity contribution in [3.8, 4) is 5.75 Å². The Hall–Kier alpha value is -3.39. The quantitative estimate of drug-likeness (QED) is 0.561. The van der Waals surface area contributed by atoms with Gasteiger partial charge in [-0.15, -0.1) is 0 Å². The van der Waals surface area contributed by atoms with Crippen LogP contribution in [0.1, 0.15) is 38.2 Å². The average Bonchev–Trinajstić information content (AvgIpc) is 3.43. The number of methoxy groups -OCH3 is 1. The van der Waals surface area contributed by atoms with E-state index in [9.17, 15) is 4.79 Å². The monoisotopic (exact) mass is 474 g/mol. The second kappa shape index (κ2) is 10.1. The van der Waals surface area contributed by atoms with E-state index in [0.717, 1.165) is 79.2 Å². The van der Waals surface area contributed by atoms with E-state index in [2.05, 4.69) is 58.6 Å². The molecule has 2 aliphatic heterocycles. The minimum absolute atomic E-state index is 0.0157. The number of ether oxygens (including phenoxy) is 1. The second-order valence-corrected chi connectivity index (χ2v) is 9.60. The molecule has 3 aromatic rings. The van der Waals surface area contributed by atoms with Crippen LogP contribution in [0.15, 0.2) is 42.6 Å². The summed E-state index contributed by atoms with van der Waals surface area (Å²) in [5.41, 5.74) is 4.09. The van der Waals surface area contributed by atoms with Crippen LogP contribution >= 0.6 is 0 Å². The van der Waals surface area contributed by atoms with Crippen LogP contribution in [-0.2, 0) is 4.79 Å². The number of rotatable bonds is 6. The lowest BCUT2D eigenvalue weighted by atomic mass is 9.99. The van der Waals surface area contributed by atoms with Crippen LogP contribution in [0.3, 0.4) is 0 Å². The highest BCUT2D eigenvalue weighted by Crippen LogP contribution is 2.33. The van der Waals surface area contributed by atoms with Crippen LogP contribution in [0.5, 0.6) is 5.75 Å². The van der Waals surface area contributed by atoms with Gasteiger partial charge in [-0.1, -0.05) is 13.8 Å². The van der Waals surface area contributed by atoms with E-state index in [1.807, 2.05) is 23.2 Å². The summed E-state index contributed by atoms with van der Waals surface area (Å²) < 4.78 is 5.58. The molecule has 0 aliphatic carbocycles. The summed E-state index contributed by atoms with van der Waals surface area (Å²) in [7, 11) is 1.69. The molecule has 2 aromatic carbocycles. The number of amides is 1. The number of nitrogens with zero attached hydrogens (tertiary/aromatic N) is 4. The third-order valence-corrected chi connectivity index (χ3v) is 6.99. The Morgan fingerprint density at radius 3 is 2.54 bits per heavy atom. The van der Waals surface area contributed by atoms with Gasteiger partial charge < -0.3 is 25.2 Å². The number of carbonyl (C=O) groups excluding carboxylic acids is 1. The van der Waals surface area contributed by atoms with Crippen LogP contribution in [0.4, 0.5) is 17.3 Å². The van der Waals surface area contributed by atoms with E-state index in [0.29, 0.717) is 5.95 Å². The minimum atomic E-state index is 0.0157. The molecule has 8 nitrogen and oxygen atoms in total. The largest absolute Gasteiger partial charge is 0.496 e. The van der Waals surface area contributed by atoms with Gasteiger partial charge in [-0.2, -0.15) is 0 Å². The number of aromatic nitrogens is 2. The molecular formula is C27H34N6O2. The van der Waals surface area contributed by atoms with E-state index < -0.39 is 0 Å². The lowest BCUT2D eigenvalue weighted by Gasteiger charge is -2.37. The molecule has 1 unspecified atom stereocenters. The highest BCUT2D eigenvalue weighted by Gasteiger charge is 2.29. The Kier molecular flexibility index (Phi) is 6.72. The van der Waals surface area contributed by atoms with Gasteiger partial charge in [0.05, 0.1) is 18.7 Å². The molecule has 184 valence electrons. The smallest absolute Gasteiger partial charge is 0.239 e. The van der Waals surface area contributed by atoms with Crippen molar-refractivity contribution < 1.29 is 9.53 Å². The zero-order valence-electron chi connectivity index (χ0n) is 20.8. The third kappa shape index (κ3) is 4.89. The van der Waals surface area contributed by atoms with E-state index in [1.165, 1.54) is 0 Å². The van der Waals surface area contributed by atoms with Crippen molar-refractivity contribution >= 4 is 34.1 Å². The molecule has 0 spiro atoms. The predicted octanol–water partition coefficient (Wildman–Crippen LogP) is 3.91. The minimum Gasteiger partial charge on any atom is -0.496 e. The maximum Gasteiger partial charge on any atom is 0.239 e. The van der Waals surface area contributed by atoms with Crippen LogP contribution in [0.25, 0.3) is 10.9 Å². The number of carbonyl (C=O) groups is 1. The first-order valence-corrected chi connectivity index (χ1v) is 12.5. The number of hydrogen-bond acceptors (Lipinski definition) is 7. The molecule has 5 rings (SSSR count). The highest BCUT2D eigenvalue weighted by atomic mass is 16.5. The Balaban J connectivity index is 1.25. The molecule has 2 saturated heterocycles. The van der Waals surface area contributed by atoms with Crippen LogP contribution in [0.2, 0.25) is 0 Å². The van der Waals surface area contributed by atoms with Crippen molar-refractivity contribution in [2.45, 2.75) is 38.6 Å². The summed E-state index contributed by atoms with van der Waals surface area (Å²) in [4.78, 5) is 26.3. The summed E-state index contributed by atoms with van der Waals surface area (Å²) in [6.07, 6.45) is 3.90. The van der Waals surface area contributed by atoms with Crippen molar-refractivity contribution in [2.75, 3.05) is 50.1 Å². The molecule has 1 amide bonds. The number of piperazine rings is 1. The lowest BCUT2D eigenvalue weighted by molar-refractivity contribution is -0.133. The average molecular weight is 475 g/mol. The van der Waals surface area contributed by atoms with Gasteiger partial charge in [-0.3, -0.25) is 4.79 Å². The fourth-order valence-electron chi connectivity index (χ4n) is 5.08. The molecule has 35 heavy (non-hydrogen) atoms. The second-order valence-electron chi connectivity index (χ2n) is 9.60. The fraction of sp³-hybridized carbons (Fsp3) is 0.444. The van der Waals surface area contributed by atoms with Crippen molar-refractivity contribution in [1.82, 2.24) is 20.2 Å². The normalized spacial score (nSPS) is 18.3. The van der Waals surface area contributed by atoms with E-state index in [1.54, 1.807) is 7.11 Å². The first-order valence-electron chi connectivity index (χ1n) is 12.5. The van der Waals surface area contributed by atoms with E-state index in [-0.39, 0.29) is 17.9 Å². The molecule has 2 aliphatic rings. The van der Waals surface area contributed by atoms with Gasteiger partial charge in [0, 0.05) is 54.7 Å². The number of fused-ring (bicyclic) bond motifs is 1. The number of hydrogen-bond donors (Lipinski definition) is 2. The molecule has 0 radical (unpaired) electrons. The highest BCUT2D eigenvalue weighted by molar-refractivity contribution is 5.85. The Morgan fingerprint density at radius 2 is 1.89 bits per heavy atom. The first-order chi connectivity index (χ1) is 17.0. The molecule has 0 bridgehead atoms. The molecular weight excluding hydrogens is 440 g/mol. The SMILES string of the molecule is COc1ccc2cnc(Nc3ccc(N4CCN(C(=O)C5CCCN5)CC4)cc3)nc2c1C(C)C. The lowest BCUT2D eigenvalue weighted by Crippen LogP contribution is -2.53. The maximum absolute atomic E-state index is 12.7. The summed E-state index contributed by atoms with van der Waals surface area (Å²) >= 11 is 0. The molecule has 0 saturated carbocycles. The molecule has 1 atom stereocenters. The van der Waals surface area contributed by atoms with Crippen molar-refractivity contribution in [2.24, 2.45) is 0 Å². The number of anilines is 3. The van der Waals surface area contributed by atoms with E-state index in [4.69, 9.17) is 9.72 Å². The van der Waals surface area contributed by atoms with Gasteiger partial charge in [0.1, 0.15) is 5.75 Å². The van der Waals surface area contributed by atoms with Crippen molar-refractivity contribution in [3.05, 3.63) is 48.2 Å². The van der Waals surface area contributed by atoms with Crippen LogP contribution < -0.4 is 20.3 Å². The zero-order chi connectivity index (χ0) is 24.4. The van der Waals surface area contributed by atoms with Crippen molar-refractivity contribution in [3.63, 3.8) is 0 Å². The molecule has 2 fully saturated rings. The Bertz CT molecular complexity index is 1180. The Morgan fingerprint density at radius 1 is 1.11 bits per heavy atom.